The first kappa shape index (κ1) is 30.4. The van der Waals surface area contributed by atoms with E-state index in [0.29, 0.717) is 24.8 Å². The van der Waals surface area contributed by atoms with Crippen molar-refractivity contribution in [2.45, 2.75) is 91.3 Å². The highest BCUT2D eigenvalue weighted by Gasteiger charge is 2.50. The molecule has 0 spiro atoms. The number of carboxylic acid groups (broad SMARTS) is 2. The molecule has 1 aliphatic carbocycles. The van der Waals surface area contributed by atoms with Crippen LogP contribution in [-0.4, -0.2) is 57.0 Å². The molecule has 5 rings (SSSR count). The maximum absolute atomic E-state index is 13.4. The molecule has 2 fully saturated rings. The van der Waals surface area contributed by atoms with E-state index in [2.05, 4.69) is 41.4 Å². The molecule has 1 aromatic rings. The molecule has 0 radical (unpaired) electrons. The van der Waals surface area contributed by atoms with Crippen molar-refractivity contribution in [1.29, 1.82) is 0 Å². The van der Waals surface area contributed by atoms with Gasteiger partial charge < -0.3 is 31.1 Å². The molecule has 10 heteroatoms. The lowest BCUT2D eigenvalue weighted by Crippen LogP contribution is -2.35. The predicted molar refractivity (Wildman–Crippen MR) is 161 cm³/mol. The van der Waals surface area contributed by atoms with Crippen LogP contribution in [0.5, 0.6) is 0 Å². The quantitative estimate of drug-likeness (QED) is 0.242. The molecule has 43 heavy (non-hydrogen) atoms. The number of hydrogen-bond acceptors (Lipinski definition) is 6. The van der Waals surface area contributed by atoms with Gasteiger partial charge >= 0.3 is 11.9 Å². The summed E-state index contributed by atoms with van der Waals surface area (Å²) in [5.74, 6) is -2.80. The molecule has 3 unspecified atom stereocenters. The van der Waals surface area contributed by atoms with E-state index in [1.54, 1.807) is 6.08 Å². The number of ketones is 1. The van der Waals surface area contributed by atoms with E-state index < -0.39 is 18.0 Å². The number of aliphatic carboxylic acids is 2. The van der Waals surface area contributed by atoms with Gasteiger partial charge in [0.15, 0.2) is 0 Å². The lowest BCUT2D eigenvalue weighted by Gasteiger charge is -2.21. The average molecular weight is 591 g/mol. The van der Waals surface area contributed by atoms with E-state index >= 15 is 0 Å². The second kappa shape index (κ2) is 11.5. The normalized spacial score (nSPS) is 30.1. The number of nitrogens with one attached hydrogen (secondary N) is 4. The Hall–Kier alpha value is -4.08. The van der Waals surface area contributed by atoms with Crippen LogP contribution in [0.3, 0.4) is 0 Å². The van der Waals surface area contributed by atoms with Gasteiger partial charge in [0.25, 0.3) is 0 Å². The highest BCUT2D eigenvalue weighted by Crippen LogP contribution is 2.45. The molecule has 4 aliphatic rings. The lowest BCUT2D eigenvalue weighted by molar-refractivity contribution is -0.140. The highest BCUT2D eigenvalue weighted by atomic mass is 16.4. The number of hydrogen-bond donors (Lipinski definition) is 6. The summed E-state index contributed by atoms with van der Waals surface area (Å²) in [6.07, 6.45) is 4.25. The first-order chi connectivity index (χ1) is 20.4. The Bertz CT molecular complexity index is 1510. The first-order valence-corrected chi connectivity index (χ1v) is 15.1. The number of carbonyl (C=O) groups is 4. The van der Waals surface area contributed by atoms with E-state index in [1.165, 1.54) is 11.1 Å². The molecule has 6 atom stereocenters. The van der Waals surface area contributed by atoms with Crippen molar-refractivity contribution in [1.82, 2.24) is 20.9 Å². The number of aromatic nitrogens is 1. The Balaban J connectivity index is 1.42. The van der Waals surface area contributed by atoms with Crippen LogP contribution in [0.25, 0.3) is 0 Å². The molecule has 1 aromatic heterocycles. The smallest absolute Gasteiger partial charge is 0.326 e. The van der Waals surface area contributed by atoms with Gasteiger partial charge in [-0.05, 0) is 67.4 Å². The molecule has 0 bridgehead atoms. The molecule has 1 saturated carbocycles. The molecule has 1 saturated heterocycles. The van der Waals surface area contributed by atoms with Crippen LogP contribution in [0.1, 0.15) is 69.5 Å². The van der Waals surface area contributed by atoms with E-state index in [0.717, 1.165) is 45.9 Å². The van der Waals surface area contributed by atoms with Gasteiger partial charge in [-0.25, -0.2) is 4.79 Å². The van der Waals surface area contributed by atoms with Crippen molar-refractivity contribution < 1.29 is 29.4 Å². The molecular weight excluding hydrogens is 548 g/mol. The minimum atomic E-state index is -0.980. The first-order valence-electron chi connectivity index (χ1n) is 15.1. The van der Waals surface area contributed by atoms with Gasteiger partial charge in [-0.15, -0.1) is 0 Å². The van der Waals surface area contributed by atoms with E-state index in [9.17, 15) is 29.4 Å². The summed E-state index contributed by atoms with van der Waals surface area (Å²) in [6.45, 7) is 13.8. The zero-order valence-electron chi connectivity index (χ0n) is 25.5. The predicted octanol–water partition coefficient (Wildman–Crippen LogP) is 3.23. The lowest BCUT2D eigenvalue weighted by atomic mass is 9.85. The number of aromatic amines is 1. The summed E-state index contributed by atoms with van der Waals surface area (Å²) < 4.78 is 0. The fourth-order valence-corrected chi connectivity index (χ4v) is 7.77. The summed E-state index contributed by atoms with van der Waals surface area (Å²) in [5, 5.41) is 29.0. The zero-order valence-corrected chi connectivity index (χ0v) is 25.5. The fraction of sp³-hybridized carbons (Fsp3) is 0.515. The summed E-state index contributed by atoms with van der Waals surface area (Å²) in [6, 6.07) is -1.25. The van der Waals surface area contributed by atoms with Crippen molar-refractivity contribution in [3.63, 3.8) is 0 Å². The number of rotatable bonds is 10. The van der Waals surface area contributed by atoms with Crippen LogP contribution >= 0.6 is 0 Å². The molecule has 4 heterocycles. The summed E-state index contributed by atoms with van der Waals surface area (Å²) >= 11 is 0. The number of amides is 1. The third-order valence-corrected chi connectivity index (χ3v) is 10.2. The van der Waals surface area contributed by atoms with E-state index in [-0.39, 0.29) is 54.4 Å². The van der Waals surface area contributed by atoms with Gasteiger partial charge in [0.1, 0.15) is 11.8 Å². The van der Waals surface area contributed by atoms with Crippen molar-refractivity contribution in [3.05, 3.63) is 68.9 Å². The largest absolute Gasteiger partial charge is 0.481 e. The second-order valence-electron chi connectivity index (χ2n) is 12.4. The molecule has 6 N–H and O–H groups in total. The minimum Gasteiger partial charge on any atom is -0.481 e. The standard InChI is InChI=1S/C33H42N4O6/c1-7-18-14(3)22(12-25-19(8-2)16(5)32(41)36-25)34-24(18)13-23-17(6)28-26(38)11-21(31(28)35-23)30-20(9-10-27(39)40)15(4)29(37-30)33(42)43/h8,15,20,25,28-29,31,34-35,37H,2,7,9-13H2,1,3-6H3,(H,36,41)(H,39,40)(H,42,43)/b30-21+/t15-,20-,25?,28?,29-,31?/m0/s1. The average Bonchev–Trinajstić information content (AvgIpc) is 3.69. The van der Waals surface area contributed by atoms with Crippen LogP contribution in [-0.2, 0) is 38.4 Å². The number of H-pyrrole nitrogens is 1. The SMILES string of the molecule is C=CC1=C(C)C(=O)NC1Cc1[nH]c(CC2=C(C)C3C(=O)C/C(=C4\N[C@H](C(=O)O)[C@@H](C)[C@@H]4CCC(=O)O)C3N2)c(CC)c1C. The summed E-state index contributed by atoms with van der Waals surface area (Å²) in [4.78, 5) is 52.7. The van der Waals surface area contributed by atoms with Crippen LogP contribution in [0.2, 0.25) is 0 Å². The Labute approximate surface area is 251 Å². The third kappa shape index (κ3) is 5.21. The number of carbonyl (C=O) groups excluding carboxylic acids is 2. The number of allylic oxidation sites excluding steroid dienone is 2. The van der Waals surface area contributed by atoms with E-state index in [4.69, 9.17) is 0 Å². The summed E-state index contributed by atoms with van der Waals surface area (Å²) in [7, 11) is 0. The highest BCUT2D eigenvalue weighted by molar-refractivity contribution is 5.97. The second-order valence-corrected chi connectivity index (χ2v) is 12.4. The maximum Gasteiger partial charge on any atom is 0.326 e. The van der Waals surface area contributed by atoms with Crippen LogP contribution < -0.4 is 16.0 Å². The van der Waals surface area contributed by atoms with Gasteiger partial charge in [0.05, 0.1) is 18.0 Å². The van der Waals surface area contributed by atoms with Gasteiger partial charge in [0, 0.05) is 60.0 Å². The van der Waals surface area contributed by atoms with Gasteiger partial charge in [0.2, 0.25) is 5.91 Å². The Morgan fingerprint density at radius 3 is 2.42 bits per heavy atom. The van der Waals surface area contributed by atoms with Gasteiger partial charge in [-0.2, -0.15) is 0 Å². The van der Waals surface area contributed by atoms with Crippen molar-refractivity contribution in [3.8, 4) is 0 Å². The van der Waals surface area contributed by atoms with E-state index in [1.807, 2.05) is 20.8 Å². The van der Waals surface area contributed by atoms with Crippen LogP contribution in [0.4, 0.5) is 0 Å². The molecule has 230 valence electrons. The Morgan fingerprint density at radius 2 is 1.79 bits per heavy atom. The zero-order chi connectivity index (χ0) is 31.3. The molecule has 0 aromatic carbocycles. The monoisotopic (exact) mass is 590 g/mol. The van der Waals surface area contributed by atoms with Crippen molar-refractivity contribution in [2.75, 3.05) is 0 Å². The van der Waals surface area contributed by atoms with Gasteiger partial charge in [-0.1, -0.05) is 26.5 Å². The number of fused-ring (bicyclic) bond motifs is 1. The molecular formula is C33H42N4O6. The van der Waals surface area contributed by atoms with Crippen molar-refractivity contribution in [2.24, 2.45) is 17.8 Å². The molecule has 3 aliphatic heterocycles. The summed E-state index contributed by atoms with van der Waals surface area (Å²) in [5.41, 5.74) is 9.66. The molecule has 1 amide bonds. The fourth-order valence-electron chi connectivity index (χ4n) is 7.77. The van der Waals surface area contributed by atoms with Crippen LogP contribution in [0.15, 0.2) is 46.3 Å². The van der Waals surface area contributed by atoms with Crippen molar-refractivity contribution >= 4 is 23.6 Å². The van der Waals surface area contributed by atoms with Crippen LogP contribution in [0, 0.1) is 24.7 Å². The Morgan fingerprint density at radius 1 is 1.07 bits per heavy atom. The third-order valence-electron chi connectivity index (χ3n) is 10.2. The number of carboxylic acids is 2. The molecule has 10 nitrogen and oxygen atoms in total. The van der Waals surface area contributed by atoms with Gasteiger partial charge in [-0.3, -0.25) is 14.4 Å². The Kier molecular flexibility index (Phi) is 8.15. The topological polar surface area (TPSA) is 161 Å². The number of Topliss-reactive ketones (excluding diaryl/α,β-unsaturated/α-hetero) is 1. The maximum atomic E-state index is 13.4. The minimum absolute atomic E-state index is 0.0665.